The molecule has 12 heavy (non-hydrogen) atoms. The molecule has 1 N–H and O–H groups in total. The highest BCUT2D eigenvalue weighted by atomic mass is 32.1. The molecule has 0 aliphatic rings. The van der Waals surface area contributed by atoms with E-state index in [4.69, 9.17) is 5.11 Å². The number of carboxylic acid groups (broad SMARTS) is 1. The summed E-state index contributed by atoms with van der Waals surface area (Å²) in [6.45, 7) is 3.58. The van der Waals surface area contributed by atoms with Crippen LogP contribution < -0.4 is 0 Å². The minimum atomic E-state index is -0.784. The first-order chi connectivity index (χ1) is 5.57. The highest BCUT2D eigenvalue weighted by Gasteiger charge is 2.13. The van der Waals surface area contributed by atoms with Gasteiger partial charge in [0.05, 0.1) is 0 Å². The number of rotatable bonds is 6. The largest absolute Gasteiger partial charge is 0.481 e. The molecule has 2 nitrogen and oxygen atoms in total. The van der Waals surface area contributed by atoms with Gasteiger partial charge in [0.15, 0.2) is 0 Å². The molecule has 0 saturated carbocycles. The maximum Gasteiger partial charge on any atom is 0.303 e. The molecular formula is C8H14O2S2. The van der Waals surface area contributed by atoms with Gasteiger partial charge in [0.2, 0.25) is 0 Å². The van der Waals surface area contributed by atoms with Gasteiger partial charge in [0.25, 0.3) is 0 Å². The summed E-state index contributed by atoms with van der Waals surface area (Å²) in [6.07, 6.45) is 3.24. The van der Waals surface area contributed by atoms with Crippen molar-refractivity contribution < 1.29 is 9.90 Å². The van der Waals surface area contributed by atoms with Gasteiger partial charge in [-0.2, -0.15) is 25.3 Å². The molecule has 4 heteroatoms. The molecule has 0 aromatic heterocycles. The van der Waals surface area contributed by atoms with Crippen molar-refractivity contribution in [3.63, 3.8) is 0 Å². The third-order valence-electron chi connectivity index (χ3n) is 1.51. The minimum absolute atomic E-state index is 0.0300. The van der Waals surface area contributed by atoms with Crippen LogP contribution in [0.1, 0.15) is 19.3 Å². The number of carbonyl (C=O) groups is 1. The van der Waals surface area contributed by atoms with Crippen molar-refractivity contribution in [3.8, 4) is 0 Å². The third-order valence-corrected chi connectivity index (χ3v) is 2.93. The topological polar surface area (TPSA) is 37.3 Å². The van der Waals surface area contributed by atoms with Gasteiger partial charge in [-0.3, -0.25) is 4.79 Å². The second-order valence-electron chi connectivity index (χ2n) is 2.59. The van der Waals surface area contributed by atoms with Crippen LogP contribution in [-0.2, 0) is 4.79 Å². The van der Waals surface area contributed by atoms with Crippen molar-refractivity contribution in [3.05, 3.63) is 12.7 Å². The van der Waals surface area contributed by atoms with Crippen molar-refractivity contribution >= 4 is 31.2 Å². The molecule has 2 unspecified atom stereocenters. The van der Waals surface area contributed by atoms with Crippen LogP contribution in [0.4, 0.5) is 0 Å². The van der Waals surface area contributed by atoms with E-state index in [2.05, 4.69) is 31.8 Å². The quantitative estimate of drug-likeness (QED) is 0.459. The monoisotopic (exact) mass is 206 g/mol. The number of allylic oxidation sites excluding steroid dienone is 1. The molecule has 70 valence electrons. The molecule has 0 spiro atoms. The summed E-state index contributed by atoms with van der Waals surface area (Å²) in [5.74, 6) is -0.784. The summed E-state index contributed by atoms with van der Waals surface area (Å²) >= 11 is 8.51. The lowest BCUT2D eigenvalue weighted by molar-refractivity contribution is -0.137. The molecule has 0 radical (unpaired) electrons. The summed E-state index contributed by atoms with van der Waals surface area (Å²) in [5.41, 5.74) is 0. The smallest absolute Gasteiger partial charge is 0.303 e. The predicted molar refractivity (Wildman–Crippen MR) is 57.2 cm³/mol. The van der Waals surface area contributed by atoms with Crippen molar-refractivity contribution in [2.24, 2.45) is 0 Å². The fraction of sp³-hybridized carbons (Fsp3) is 0.625. The summed E-state index contributed by atoms with van der Waals surface area (Å²) in [7, 11) is 0. The third kappa shape index (κ3) is 5.55. The van der Waals surface area contributed by atoms with Gasteiger partial charge < -0.3 is 5.11 Å². The molecule has 0 aliphatic heterocycles. The van der Waals surface area contributed by atoms with E-state index in [9.17, 15) is 4.79 Å². The molecule has 0 heterocycles. The number of hydrogen-bond acceptors (Lipinski definition) is 3. The Morgan fingerprint density at radius 2 is 2.08 bits per heavy atom. The van der Waals surface area contributed by atoms with Gasteiger partial charge in [-0.05, 0) is 12.8 Å². The van der Waals surface area contributed by atoms with E-state index in [1.54, 1.807) is 6.08 Å². The van der Waals surface area contributed by atoms with Crippen LogP contribution in [0.15, 0.2) is 12.7 Å². The highest BCUT2D eigenvalue weighted by molar-refractivity contribution is 7.85. The second-order valence-corrected chi connectivity index (χ2v) is 3.92. The van der Waals surface area contributed by atoms with Crippen LogP contribution in [0.3, 0.4) is 0 Å². The molecule has 2 atom stereocenters. The molecule has 0 rings (SSSR count). The van der Waals surface area contributed by atoms with Gasteiger partial charge in [-0.25, -0.2) is 0 Å². The number of aliphatic carboxylic acids is 1. The maximum atomic E-state index is 10.2. The first-order valence-electron chi connectivity index (χ1n) is 3.76. The lowest BCUT2D eigenvalue weighted by Crippen LogP contribution is -2.15. The van der Waals surface area contributed by atoms with Crippen LogP contribution in [0.5, 0.6) is 0 Å². The molecule has 0 amide bonds. The van der Waals surface area contributed by atoms with E-state index in [1.165, 1.54) is 0 Å². The van der Waals surface area contributed by atoms with Gasteiger partial charge in [0.1, 0.15) is 0 Å². The molecular weight excluding hydrogens is 192 g/mol. The zero-order valence-electron chi connectivity index (χ0n) is 6.81. The molecule has 0 saturated heterocycles. The van der Waals surface area contributed by atoms with Gasteiger partial charge in [0, 0.05) is 16.9 Å². The average Bonchev–Trinajstić information content (AvgIpc) is 2.00. The summed E-state index contributed by atoms with van der Waals surface area (Å²) < 4.78 is 0. The fourth-order valence-electron chi connectivity index (χ4n) is 0.792. The Morgan fingerprint density at radius 1 is 1.50 bits per heavy atom. The van der Waals surface area contributed by atoms with Crippen LogP contribution in [-0.4, -0.2) is 21.6 Å². The maximum absolute atomic E-state index is 10.2. The Balaban J connectivity index is 3.62. The van der Waals surface area contributed by atoms with Crippen molar-refractivity contribution in [2.75, 3.05) is 0 Å². The Bertz CT molecular complexity index is 159. The molecule has 0 bridgehead atoms. The van der Waals surface area contributed by atoms with E-state index in [-0.39, 0.29) is 16.9 Å². The van der Waals surface area contributed by atoms with Crippen molar-refractivity contribution in [1.29, 1.82) is 0 Å². The van der Waals surface area contributed by atoms with E-state index >= 15 is 0 Å². The van der Waals surface area contributed by atoms with E-state index in [1.807, 2.05) is 0 Å². The standard InChI is InChI=1S/C8H14O2S2/c1-2-3-6(11)7(12)4-5-8(9)10/h2,6-7,11-12H,1,3-5H2,(H,9,10). The zero-order valence-corrected chi connectivity index (χ0v) is 8.60. The van der Waals surface area contributed by atoms with Crippen LogP contribution in [0, 0.1) is 0 Å². The Morgan fingerprint density at radius 3 is 2.50 bits per heavy atom. The number of thiol groups is 2. The number of carboxylic acids is 1. The summed E-state index contributed by atoms with van der Waals surface area (Å²) in [6, 6.07) is 0. The second kappa shape index (κ2) is 6.43. The Kier molecular flexibility index (Phi) is 6.38. The van der Waals surface area contributed by atoms with Gasteiger partial charge >= 0.3 is 5.97 Å². The molecule has 0 fully saturated rings. The average molecular weight is 206 g/mol. The Hall–Kier alpha value is -0.0900. The SMILES string of the molecule is C=CCC(S)C(S)CCC(=O)O. The van der Waals surface area contributed by atoms with Crippen molar-refractivity contribution in [2.45, 2.75) is 29.8 Å². The normalized spacial score (nSPS) is 15.2. The van der Waals surface area contributed by atoms with Crippen LogP contribution in [0.2, 0.25) is 0 Å². The molecule has 0 aliphatic carbocycles. The van der Waals surface area contributed by atoms with Crippen LogP contribution >= 0.6 is 25.3 Å². The van der Waals surface area contributed by atoms with E-state index in [0.717, 1.165) is 6.42 Å². The van der Waals surface area contributed by atoms with Crippen molar-refractivity contribution in [1.82, 2.24) is 0 Å². The fourth-order valence-corrected chi connectivity index (χ4v) is 1.34. The lowest BCUT2D eigenvalue weighted by Gasteiger charge is -2.15. The lowest BCUT2D eigenvalue weighted by atomic mass is 10.1. The first-order valence-corrected chi connectivity index (χ1v) is 4.80. The van der Waals surface area contributed by atoms with E-state index in [0.29, 0.717) is 6.42 Å². The van der Waals surface area contributed by atoms with Crippen LogP contribution in [0.25, 0.3) is 0 Å². The number of hydrogen-bond donors (Lipinski definition) is 3. The predicted octanol–water partition coefficient (Wildman–Crippen LogP) is 2.02. The molecule has 0 aromatic rings. The van der Waals surface area contributed by atoms with Gasteiger partial charge in [-0.1, -0.05) is 6.08 Å². The zero-order chi connectivity index (χ0) is 9.56. The van der Waals surface area contributed by atoms with Gasteiger partial charge in [-0.15, -0.1) is 6.58 Å². The minimum Gasteiger partial charge on any atom is -0.481 e. The summed E-state index contributed by atoms with van der Waals surface area (Å²) in [5, 5.41) is 8.53. The molecule has 0 aromatic carbocycles. The van der Waals surface area contributed by atoms with E-state index < -0.39 is 5.97 Å². The highest BCUT2D eigenvalue weighted by Crippen LogP contribution is 2.17. The summed E-state index contributed by atoms with van der Waals surface area (Å²) in [4.78, 5) is 10.2. The first kappa shape index (κ1) is 11.9. The Labute approximate surface area is 83.9 Å².